The van der Waals surface area contributed by atoms with E-state index in [1.807, 2.05) is 0 Å². The van der Waals surface area contributed by atoms with Crippen LogP contribution in [0.5, 0.6) is 0 Å². The number of nitrogens with one attached hydrogen (secondary N) is 2. The molecule has 4 atom stereocenters. The van der Waals surface area contributed by atoms with Gasteiger partial charge in [-0.05, 0) is 50.4 Å². The Kier molecular flexibility index (Phi) is 2.88. The molecular weight excluding hydrogens is 200 g/mol. The molecule has 4 unspecified atom stereocenters. The van der Waals surface area contributed by atoms with Crippen LogP contribution in [0.4, 0.5) is 0 Å². The molecule has 3 nitrogen and oxygen atoms in total. The lowest BCUT2D eigenvalue weighted by Gasteiger charge is -2.27. The van der Waals surface area contributed by atoms with Crippen LogP contribution < -0.4 is 10.6 Å². The smallest absolute Gasteiger partial charge is 0.237 e. The normalized spacial score (nSPS) is 43.1. The van der Waals surface area contributed by atoms with Crippen molar-refractivity contribution in [3.63, 3.8) is 0 Å². The topological polar surface area (TPSA) is 41.1 Å². The third-order valence-corrected chi connectivity index (χ3v) is 4.69. The third kappa shape index (κ3) is 1.97. The van der Waals surface area contributed by atoms with Crippen LogP contribution >= 0.6 is 0 Å². The summed E-state index contributed by atoms with van der Waals surface area (Å²) in [4.78, 5) is 11.8. The van der Waals surface area contributed by atoms with Crippen LogP contribution in [-0.2, 0) is 4.79 Å². The summed E-state index contributed by atoms with van der Waals surface area (Å²) >= 11 is 0. The number of carbonyl (C=O) groups is 1. The maximum absolute atomic E-state index is 11.8. The molecule has 16 heavy (non-hydrogen) atoms. The van der Waals surface area contributed by atoms with Gasteiger partial charge in [0.1, 0.15) is 0 Å². The second-order valence-electron chi connectivity index (χ2n) is 5.79. The van der Waals surface area contributed by atoms with Crippen LogP contribution in [0.2, 0.25) is 0 Å². The van der Waals surface area contributed by atoms with Gasteiger partial charge in [-0.25, -0.2) is 0 Å². The summed E-state index contributed by atoms with van der Waals surface area (Å²) in [5.74, 6) is 2.05. The highest BCUT2D eigenvalue weighted by atomic mass is 16.2. The van der Waals surface area contributed by atoms with Crippen molar-refractivity contribution in [1.82, 2.24) is 10.6 Å². The van der Waals surface area contributed by atoms with Crippen LogP contribution in [0, 0.1) is 11.8 Å². The van der Waals surface area contributed by atoms with Gasteiger partial charge in [0.25, 0.3) is 0 Å². The predicted molar refractivity (Wildman–Crippen MR) is 63.0 cm³/mol. The van der Waals surface area contributed by atoms with E-state index in [9.17, 15) is 4.79 Å². The first-order valence-corrected chi connectivity index (χ1v) is 6.86. The van der Waals surface area contributed by atoms with Crippen molar-refractivity contribution in [2.45, 2.75) is 57.0 Å². The molecule has 1 saturated heterocycles. The van der Waals surface area contributed by atoms with Gasteiger partial charge >= 0.3 is 0 Å². The van der Waals surface area contributed by atoms with E-state index in [0.29, 0.717) is 6.04 Å². The Balaban J connectivity index is 1.58. The van der Waals surface area contributed by atoms with E-state index in [4.69, 9.17) is 0 Å². The summed E-state index contributed by atoms with van der Waals surface area (Å²) in [6, 6.07) is 0.722. The van der Waals surface area contributed by atoms with E-state index in [0.717, 1.165) is 31.2 Å². The van der Waals surface area contributed by atoms with E-state index >= 15 is 0 Å². The average molecular weight is 222 g/mol. The maximum atomic E-state index is 11.8. The van der Waals surface area contributed by atoms with Gasteiger partial charge in [0.05, 0.1) is 6.04 Å². The molecule has 1 heterocycles. The Bertz CT molecular complexity index is 279. The minimum atomic E-state index is 0.0897. The molecule has 0 aromatic rings. The molecule has 1 amide bonds. The molecule has 3 fully saturated rings. The minimum Gasteiger partial charge on any atom is -0.355 e. The molecule has 1 aliphatic heterocycles. The zero-order valence-electron chi connectivity index (χ0n) is 9.87. The van der Waals surface area contributed by atoms with E-state index < -0.39 is 0 Å². The number of rotatable bonds is 2. The summed E-state index contributed by atoms with van der Waals surface area (Å²) in [5, 5.41) is 6.64. The number of carbonyl (C=O) groups excluding carboxylic acids is 1. The molecule has 3 heteroatoms. The average Bonchev–Trinajstić information content (AvgIpc) is 2.83. The second kappa shape index (κ2) is 4.36. The molecule has 0 spiro atoms. The lowest BCUT2D eigenvalue weighted by Crippen LogP contribution is -2.48. The van der Waals surface area contributed by atoms with Crippen LogP contribution in [0.1, 0.15) is 44.9 Å². The second-order valence-corrected chi connectivity index (χ2v) is 5.79. The van der Waals surface area contributed by atoms with Crippen LogP contribution in [0.3, 0.4) is 0 Å². The van der Waals surface area contributed by atoms with Crippen molar-refractivity contribution in [3.8, 4) is 0 Å². The fraction of sp³-hybridized carbons (Fsp3) is 0.923. The van der Waals surface area contributed by atoms with Gasteiger partial charge in [-0.1, -0.05) is 6.42 Å². The quantitative estimate of drug-likeness (QED) is 0.742. The van der Waals surface area contributed by atoms with Crippen molar-refractivity contribution in [3.05, 3.63) is 0 Å². The molecule has 0 aromatic carbocycles. The van der Waals surface area contributed by atoms with Gasteiger partial charge in [0, 0.05) is 12.6 Å². The summed E-state index contributed by atoms with van der Waals surface area (Å²) < 4.78 is 0. The zero-order valence-corrected chi connectivity index (χ0v) is 9.87. The largest absolute Gasteiger partial charge is 0.355 e. The van der Waals surface area contributed by atoms with Gasteiger partial charge in [-0.2, -0.15) is 0 Å². The lowest BCUT2D eigenvalue weighted by molar-refractivity contribution is -0.123. The summed E-state index contributed by atoms with van der Waals surface area (Å²) in [6.45, 7) is 0.869. The zero-order chi connectivity index (χ0) is 11.0. The van der Waals surface area contributed by atoms with Crippen LogP contribution in [0.25, 0.3) is 0 Å². The Morgan fingerprint density at radius 2 is 2.06 bits per heavy atom. The number of hydrogen-bond donors (Lipinski definition) is 2. The maximum Gasteiger partial charge on any atom is 0.237 e. The monoisotopic (exact) mass is 222 g/mol. The highest BCUT2D eigenvalue weighted by molar-refractivity contribution is 5.81. The molecule has 90 valence electrons. The molecule has 2 bridgehead atoms. The fourth-order valence-corrected chi connectivity index (χ4v) is 3.81. The summed E-state index contributed by atoms with van der Waals surface area (Å²) in [7, 11) is 0. The van der Waals surface area contributed by atoms with Crippen molar-refractivity contribution >= 4 is 5.91 Å². The molecule has 0 aromatic heterocycles. The fourth-order valence-electron chi connectivity index (χ4n) is 3.81. The van der Waals surface area contributed by atoms with Crippen molar-refractivity contribution in [1.29, 1.82) is 0 Å². The van der Waals surface area contributed by atoms with Gasteiger partial charge in [-0.3, -0.25) is 4.79 Å². The van der Waals surface area contributed by atoms with E-state index in [1.54, 1.807) is 0 Å². The molecule has 3 rings (SSSR count). The highest BCUT2D eigenvalue weighted by Gasteiger charge is 2.40. The first-order valence-electron chi connectivity index (χ1n) is 6.86. The van der Waals surface area contributed by atoms with E-state index in [2.05, 4.69) is 10.6 Å². The summed E-state index contributed by atoms with van der Waals surface area (Å²) in [5.41, 5.74) is 0. The lowest BCUT2D eigenvalue weighted by atomic mass is 9.94. The van der Waals surface area contributed by atoms with Crippen LogP contribution in [0.15, 0.2) is 0 Å². The molecule has 2 saturated carbocycles. The van der Waals surface area contributed by atoms with E-state index in [-0.39, 0.29) is 11.9 Å². The molecule has 2 N–H and O–H groups in total. The Morgan fingerprint density at radius 1 is 1.12 bits per heavy atom. The number of hydrogen-bond acceptors (Lipinski definition) is 2. The SMILES string of the molecule is O=C1NCCCCC1NC1CC2CCC1C2. The van der Waals surface area contributed by atoms with Crippen molar-refractivity contribution in [2.24, 2.45) is 11.8 Å². The van der Waals surface area contributed by atoms with Crippen molar-refractivity contribution < 1.29 is 4.79 Å². The van der Waals surface area contributed by atoms with Gasteiger partial charge in [0.15, 0.2) is 0 Å². The molecule has 0 radical (unpaired) electrons. The molecular formula is C13H22N2O. The molecule has 3 aliphatic rings. The van der Waals surface area contributed by atoms with Gasteiger partial charge in [0.2, 0.25) is 5.91 Å². The van der Waals surface area contributed by atoms with Crippen molar-refractivity contribution in [2.75, 3.05) is 6.54 Å². The Morgan fingerprint density at radius 3 is 2.81 bits per heavy atom. The first kappa shape index (κ1) is 10.6. The first-order chi connectivity index (χ1) is 7.83. The number of amides is 1. The summed E-state index contributed by atoms with van der Waals surface area (Å²) in [6.07, 6.45) is 8.88. The highest BCUT2D eigenvalue weighted by Crippen LogP contribution is 2.44. The van der Waals surface area contributed by atoms with Gasteiger partial charge in [-0.15, -0.1) is 0 Å². The van der Waals surface area contributed by atoms with Crippen LogP contribution in [-0.4, -0.2) is 24.5 Å². The molecule has 2 aliphatic carbocycles. The minimum absolute atomic E-state index is 0.0897. The third-order valence-electron chi connectivity index (χ3n) is 4.69. The number of fused-ring (bicyclic) bond motifs is 2. The van der Waals surface area contributed by atoms with Gasteiger partial charge < -0.3 is 10.6 Å². The Hall–Kier alpha value is -0.570. The Labute approximate surface area is 97.4 Å². The van der Waals surface area contributed by atoms with E-state index in [1.165, 1.54) is 32.1 Å². The standard InChI is InChI=1S/C13H22N2O/c16-13-11(3-1-2-6-14-13)15-12-8-9-4-5-10(12)7-9/h9-12,15H,1-8H2,(H,14,16). The predicted octanol–water partition coefficient (Wildman–Crippen LogP) is 1.43.